The third-order valence-electron chi connectivity index (χ3n) is 2.93. The number of thiazole rings is 1. The van der Waals surface area contributed by atoms with Crippen LogP contribution in [0.4, 0.5) is 5.13 Å². The minimum absolute atomic E-state index is 1.04. The van der Waals surface area contributed by atoms with E-state index in [0.29, 0.717) is 0 Å². The van der Waals surface area contributed by atoms with Crippen molar-refractivity contribution in [2.75, 3.05) is 31.5 Å². The first-order valence-electron chi connectivity index (χ1n) is 6.71. The topological polar surface area (TPSA) is 28.2 Å². The Morgan fingerprint density at radius 2 is 2.06 bits per heavy atom. The highest BCUT2D eigenvalue weighted by atomic mass is 32.1. The van der Waals surface area contributed by atoms with Gasteiger partial charge in [-0.15, -0.1) is 11.3 Å². The zero-order valence-corrected chi connectivity index (χ0v) is 12.1. The Bertz CT molecular complexity index is 295. The Balaban J connectivity index is 2.30. The summed E-state index contributed by atoms with van der Waals surface area (Å²) in [7, 11) is 0. The summed E-state index contributed by atoms with van der Waals surface area (Å²) in [6, 6.07) is 0. The van der Waals surface area contributed by atoms with Crippen LogP contribution in [-0.2, 0) is 6.42 Å². The summed E-state index contributed by atoms with van der Waals surface area (Å²) < 4.78 is 0. The van der Waals surface area contributed by atoms with Crippen LogP contribution in [0.25, 0.3) is 0 Å². The summed E-state index contributed by atoms with van der Waals surface area (Å²) in [6.45, 7) is 11.1. The predicted octanol–water partition coefficient (Wildman–Crippen LogP) is 3.24. The zero-order valence-electron chi connectivity index (χ0n) is 11.3. The first-order chi connectivity index (χ1) is 8.30. The summed E-state index contributed by atoms with van der Waals surface area (Å²) in [4.78, 5) is 8.24. The smallest absolute Gasteiger partial charge is 0.182 e. The fourth-order valence-corrected chi connectivity index (χ4v) is 2.51. The molecule has 1 heterocycles. The molecule has 1 aromatic rings. The molecule has 1 aromatic heterocycles. The van der Waals surface area contributed by atoms with Crippen LogP contribution in [-0.4, -0.2) is 36.1 Å². The molecule has 0 unspecified atom stereocenters. The van der Waals surface area contributed by atoms with E-state index in [-0.39, 0.29) is 0 Å². The molecule has 0 aliphatic rings. The Hall–Kier alpha value is -0.610. The van der Waals surface area contributed by atoms with E-state index < -0.39 is 0 Å². The van der Waals surface area contributed by atoms with Crippen LogP contribution in [0, 0.1) is 0 Å². The van der Waals surface area contributed by atoms with Gasteiger partial charge < -0.3 is 10.2 Å². The number of unbranched alkanes of at least 4 members (excludes halogenated alkanes) is 1. The van der Waals surface area contributed by atoms with E-state index in [1.165, 1.54) is 17.7 Å². The first kappa shape index (κ1) is 14.5. The highest BCUT2D eigenvalue weighted by Gasteiger charge is 2.04. The predicted molar refractivity (Wildman–Crippen MR) is 77.0 cm³/mol. The Morgan fingerprint density at radius 3 is 2.71 bits per heavy atom. The van der Waals surface area contributed by atoms with E-state index in [2.05, 4.69) is 36.0 Å². The molecular weight excluding hydrogens is 230 g/mol. The van der Waals surface area contributed by atoms with E-state index in [4.69, 9.17) is 0 Å². The second-order valence-electron chi connectivity index (χ2n) is 4.19. The van der Waals surface area contributed by atoms with Crippen LogP contribution in [0.1, 0.15) is 38.5 Å². The van der Waals surface area contributed by atoms with E-state index in [9.17, 15) is 0 Å². The number of rotatable bonds is 9. The lowest BCUT2D eigenvalue weighted by Gasteiger charge is -2.16. The molecule has 1 N–H and O–H groups in total. The van der Waals surface area contributed by atoms with E-state index >= 15 is 0 Å². The average molecular weight is 255 g/mol. The van der Waals surface area contributed by atoms with Gasteiger partial charge >= 0.3 is 0 Å². The van der Waals surface area contributed by atoms with Gasteiger partial charge in [-0.25, -0.2) is 4.98 Å². The third kappa shape index (κ3) is 5.50. The molecule has 0 aliphatic heterocycles. The number of anilines is 1. The molecule has 0 saturated heterocycles. The highest BCUT2D eigenvalue weighted by Crippen LogP contribution is 2.18. The van der Waals surface area contributed by atoms with Gasteiger partial charge in [0.15, 0.2) is 5.13 Å². The summed E-state index contributed by atoms with van der Waals surface area (Å²) in [6.07, 6.45) is 5.58. The monoisotopic (exact) mass is 255 g/mol. The fourth-order valence-electron chi connectivity index (χ4n) is 1.69. The van der Waals surface area contributed by atoms with Gasteiger partial charge in [0.1, 0.15) is 0 Å². The standard InChI is InChI=1S/C13H25N3S/c1-4-7-9-14-13-15-11-12(17-13)8-10-16(5-2)6-3/h11H,4-10H2,1-3H3,(H,14,15). The fraction of sp³-hybridized carbons (Fsp3) is 0.769. The Morgan fingerprint density at radius 1 is 1.29 bits per heavy atom. The first-order valence-corrected chi connectivity index (χ1v) is 7.52. The van der Waals surface area contributed by atoms with Crippen LogP contribution < -0.4 is 5.32 Å². The van der Waals surface area contributed by atoms with Crippen LogP contribution in [0.2, 0.25) is 0 Å². The van der Waals surface area contributed by atoms with Gasteiger partial charge in [-0.1, -0.05) is 27.2 Å². The number of likely N-dealkylation sites (N-methyl/N-ethyl adjacent to an activating group) is 1. The van der Waals surface area contributed by atoms with Gasteiger partial charge in [0.2, 0.25) is 0 Å². The molecule has 0 aromatic carbocycles. The quantitative estimate of drug-likeness (QED) is 0.687. The average Bonchev–Trinajstić information content (AvgIpc) is 2.79. The minimum atomic E-state index is 1.04. The number of nitrogens with one attached hydrogen (secondary N) is 1. The molecule has 0 amide bonds. The molecule has 0 saturated carbocycles. The molecule has 1 rings (SSSR count). The van der Waals surface area contributed by atoms with Crippen molar-refractivity contribution in [1.82, 2.24) is 9.88 Å². The van der Waals surface area contributed by atoms with Crippen LogP contribution in [0.3, 0.4) is 0 Å². The van der Waals surface area contributed by atoms with Crippen molar-refractivity contribution in [2.45, 2.75) is 40.0 Å². The van der Waals surface area contributed by atoms with Gasteiger partial charge in [0, 0.05) is 24.2 Å². The van der Waals surface area contributed by atoms with Gasteiger partial charge in [-0.2, -0.15) is 0 Å². The molecule has 0 atom stereocenters. The third-order valence-corrected chi connectivity index (χ3v) is 3.94. The number of hydrogen-bond donors (Lipinski definition) is 1. The van der Waals surface area contributed by atoms with Crippen molar-refractivity contribution in [3.8, 4) is 0 Å². The second kappa shape index (κ2) is 8.48. The van der Waals surface area contributed by atoms with Gasteiger partial charge in [-0.05, 0) is 25.9 Å². The minimum Gasteiger partial charge on any atom is -0.362 e. The van der Waals surface area contributed by atoms with E-state index in [1.807, 2.05) is 6.20 Å². The molecule has 0 radical (unpaired) electrons. The lowest BCUT2D eigenvalue weighted by Crippen LogP contribution is -2.25. The Labute approximate surface area is 109 Å². The van der Waals surface area contributed by atoms with Crippen LogP contribution in [0.5, 0.6) is 0 Å². The molecule has 0 aliphatic carbocycles. The van der Waals surface area contributed by atoms with Crippen molar-refractivity contribution in [3.63, 3.8) is 0 Å². The van der Waals surface area contributed by atoms with Gasteiger partial charge in [0.25, 0.3) is 0 Å². The normalized spacial score (nSPS) is 11.1. The maximum absolute atomic E-state index is 4.41. The van der Waals surface area contributed by atoms with E-state index in [0.717, 1.165) is 37.7 Å². The zero-order chi connectivity index (χ0) is 12.5. The SMILES string of the molecule is CCCCNc1ncc(CCN(CC)CC)s1. The number of hydrogen-bond acceptors (Lipinski definition) is 4. The summed E-state index contributed by atoms with van der Waals surface area (Å²) in [5.41, 5.74) is 0. The summed E-state index contributed by atoms with van der Waals surface area (Å²) >= 11 is 1.80. The van der Waals surface area contributed by atoms with Crippen molar-refractivity contribution in [2.24, 2.45) is 0 Å². The molecule has 0 fully saturated rings. The van der Waals surface area contributed by atoms with Crippen molar-refractivity contribution >= 4 is 16.5 Å². The van der Waals surface area contributed by atoms with Crippen LogP contribution >= 0.6 is 11.3 Å². The van der Waals surface area contributed by atoms with Crippen molar-refractivity contribution in [3.05, 3.63) is 11.1 Å². The van der Waals surface area contributed by atoms with Crippen LogP contribution in [0.15, 0.2) is 6.20 Å². The maximum Gasteiger partial charge on any atom is 0.182 e. The largest absolute Gasteiger partial charge is 0.362 e. The lowest BCUT2D eigenvalue weighted by atomic mass is 10.3. The number of nitrogens with zero attached hydrogens (tertiary/aromatic N) is 2. The lowest BCUT2D eigenvalue weighted by molar-refractivity contribution is 0.308. The van der Waals surface area contributed by atoms with Crippen molar-refractivity contribution < 1.29 is 0 Å². The van der Waals surface area contributed by atoms with Crippen molar-refractivity contribution in [1.29, 1.82) is 0 Å². The van der Waals surface area contributed by atoms with Gasteiger partial charge in [0.05, 0.1) is 0 Å². The second-order valence-corrected chi connectivity index (χ2v) is 5.30. The molecule has 3 nitrogen and oxygen atoms in total. The molecule has 0 spiro atoms. The van der Waals surface area contributed by atoms with Gasteiger partial charge in [-0.3, -0.25) is 0 Å². The number of aromatic nitrogens is 1. The molecule has 0 bridgehead atoms. The molecule has 98 valence electrons. The molecular formula is C13H25N3S. The molecule has 4 heteroatoms. The summed E-state index contributed by atoms with van der Waals surface area (Å²) in [5.74, 6) is 0. The maximum atomic E-state index is 4.41. The highest BCUT2D eigenvalue weighted by molar-refractivity contribution is 7.15. The Kier molecular flexibility index (Phi) is 7.21. The van der Waals surface area contributed by atoms with E-state index in [1.54, 1.807) is 11.3 Å². The molecule has 17 heavy (non-hydrogen) atoms. The summed E-state index contributed by atoms with van der Waals surface area (Å²) in [5, 5.41) is 4.45.